The summed E-state index contributed by atoms with van der Waals surface area (Å²) >= 11 is 0. The summed E-state index contributed by atoms with van der Waals surface area (Å²) in [6, 6.07) is 12.1. The van der Waals surface area contributed by atoms with Gasteiger partial charge in [0, 0.05) is 37.2 Å². The van der Waals surface area contributed by atoms with E-state index in [1.165, 1.54) is 0 Å². The average molecular weight is 421 g/mol. The summed E-state index contributed by atoms with van der Waals surface area (Å²) in [5.41, 5.74) is 1.88. The van der Waals surface area contributed by atoms with Crippen LogP contribution in [0, 0.1) is 6.92 Å². The lowest BCUT2D eigenvalue weighted by molar-refractivity contribution is 0.129. The zero-order chi connectivity index (χ0) is 22.3. The van der Waals surface area contributed by atoms with Gasteiger partial charge in [0.05, 0.1) is 6.54 Å². The third-order valence-electron chi connectivity index (χ3n) is 4.48. The van der Waals surface area contributed by atoms with Gasteiger partial charge in [0.2, 0.25) is 0 Å². The molecule has 0 amide bonds. The number of nitrogens with one attached hydrogen (secondary N) is 2. The molecule has 1 aromatic carbocycles. The van der Waals surface area contributed by atoms with E-state index in [0.717, 1.165) is 41.0 Å². The number of aryl methyl sites for hydroxylation is 1. The van der Waals surface area contributed by atoms with Crippen LogP contribution in [-0.2, 0) is 13.1 Å². The minimum absolute atomic E-state index is 0.247. The number of nitrogens with zero attached hydrogens (tertiary/aromatic N) is 4. The first kappa shape index (κ1) is 22.3. The molecule has 3 rings (SSSR count). The van der Waals surface area contributed by atoms with Crippen molar-refractivity contribution in [2.45, 2.75) is 53.3 Å². The van der Waals surface area contributed by atoms with E-state index in [9.17, 15) is 0 Å². The normalized spacial score (nSPS) is 12.0. The van der Waals surface area contributed by atoms with Crippen LogP contribution in [0.4, 0.5) is 0 Å². The maximum atomic E-state index is 6.09. The van der Waals surface area contributed by atoms with Crippen LogP contribution in [0.2, 0.25) is 0 Å². The molecule has 0 unspecified atom stereocenters. The number of benzene rings is 1. The predicted molar refractivity (Wildman–Crippen MR) is 125 cm³/mol. The lowest BCUT2D eigenvalue weighted by Crippen LogP contribution is -2.37. The van der Waals surface area contributed by atoms with Crippen LogP contribution in [0.1, 0.15) is 44.6 Å². The summed E-state index contributed by atoms with van der Waals surface area (Å²) in [7, 11) is 0. The number of guanidine groups is 1. The van der Waals surface area contributed by atoms with Gasteiger partial charge < -0.3 is 15.4 Å². The number of ether oxygens (including phenoxy) is 1. The Morgan fingerprint density at radius 3 is 2.55 bits per heavy atom. The first-order chi connectivity index (χ1) is 14.9. The highest BCUT2D eigenvalue weighted by molar-refractivity contribution is 5.79. The van der Waals surface area contributed by atoms with Crippen LogP contribution in [0.3, 0.4) is 0 Å². The van der Waals surface area contributed by atoms with Crippen LogP contribution in [0.5, 0.6) is 5.75 Å². The van der Waals surface area contributed by atoms with Gasteiger partial charge in [0.25, 0.3) is 0 Å². The fourth-order valence-electron chi connectivity index (χ4n) is 3.04. The predicted octanol–water partition coefficient (Wildman–Crippen LogP) is 4.01. The van der Waals surface area contributed by atoms with Gasteiger partial charge in [-0.1, -0.05) is 24.3 Å². The summed E-state index contributed by atoms with van der Waals surface area (Å²) in [6.07, 6.45) is 5.53. The van der Waals surface area contributed by atoms with Crippen molar-refractivity contribution >= 4 is 5.96 Å². The summed E-state index contributed by atoms with van der Waals surface area (Å²) in [4.78, 5) is 13.5. The zero-order valence-electron chi connectivity index (χ0n) is 19.0. The molecule has 0 radical (unpaired) electrons. The molecule has 7 heteroatoms. The van der Waals surface area contributed by atoms with E-state index >= 15 is 0 Å². The molecular formula is C24H32N6O. The largest absolute Gasteiger partial charge is 0.488 e. The van der Waals surface area contributed by atoms with Crippen molar-refractivity contribution in [2.75, 3.05) is 6.54 Å². The molecule has 0 fully saturated rings. The summed E-state index contributed by atoms with van der Waals surface area (Å²) in [5.74, 6) is 3.39. The van der Waals surface area contributed by atoms with Crippen molar-refractivity contribution < 1.29 is 4.74 Å². The quantitative estimate of drug-likeness (QED) is 0.446. The molecule has 0 saturated heterocycles. The van der Waals surface area contributed by atoms with Gasteiger partial charge in [-0.2, -0.15) is 0 Å². The van der Waals surface area contributed by atoms with Crippen LogP contribution in [-0.4, -0.2) is 32.6 Å². The van der Waals surface area contributed by atoms with Gasteiger partial charge in [-0.05, 0) is 52.3 Å². The Morgan fingerprint density at radius 2 is 1.90 bits per heavy atom. The van der Waals surface area contributed by atoms with Gasteiger partial charge >= 0.3 is 0 Å². The number of rotatable bonds is 7. The SMILES string of the molecule is CCNC(=NCc1ccc(-n2ccnc2C)nc1)NCc1ccccc1OC(C)(C)C. The first-order valence-electron chi connectivity index (χ1n) is 10.6. The van der Waals surface area contributed by atoms with E-state index in [1.54, 1.807) is 6.20 Å². The molecule has 31 heavy (non-hydrogen) atoms. The topological polar surface area (TPSA) is 76.4 Å². The monoisotopic (exact) mass is 420 g/mol. The number of para-hydroxylation sites is 1. The van der Waals surface area contributed by atoms with Crippen molar-refractivity contribution in [2.24, 2.45) is 4.99 Å². The molecule has 7 nitrogen and oxygen atoms in total. The van der Waals surface area contributed by atoms with E-state index in [2.05, 4.69) is 54.4 Å². The third-order valence-corrected chi connectivity index (χ3v) is 4.48. The van der Waals surface area contributed by atoms with E-state index in [1.807, 2.05) is 54.2 Å². The number of aromatic nitrogens is 3. The Hall–Kier alpha value is -3.35. The molecule has 2 heterocycles. The van der Waals surface area contributed by atoms with Gasteiger partial charge in [0.1, 0.15) is 23.0 Å². The summed E-state index contributed by atoms with van der Waals surface area (Å²) < 4.78 is 8.04. The fraction of sp³-hybridized carbons (Fsp3) is 0.375. The lowest BCUT2D eigenvalue weighted by atomic mass is 10.1. The minimum atomic E-state index is -0.247. The van der Waals surface area contributed by atoms with Crippen molar-refractivity contribution in [3.63, 3.8) is 0 Å². The smallest absolute Gasteiger partial charge is 0.191 e. The molecule has 3 aromatic rings. The second-order valence-corrected chi connectivity index (χ2v) is 8.24. The Bertz CT molecular complexity index is 1000. The van der Waals surface area contributed by atoms with Crippen LogP contribution in [0.25, 0.3) is 5.82 Å². The van der Waals surface area contributed by atoms with Gasteiger partial charge in [-0.15, -0.1) is 0 Å². The molecule has 0 atom stereocenters. The van der Waals surface area contributed by atoms with Crippen molar-refractivity contribution in [1.29, 1.82) is 0 Å². The van der Waals surface area contributed by atoms with E-state index in [-0.39, 0.29) is 5.60 Å². The molecule has 0 aliphatic rings. The van der Waals surface area contributed by atoms with Crippen LogP contribution >= 0.6 is 0 Å². The van der Waals surface area contributed by atoms with Crippen LogP contribution < -0.4 is 15.4 Å². The molecule has 2 N–H and O–H groups in total. The number of aliphatic imine (C=N–C) groups is 1. The van der Waals surface area contributed by atoms with Gasteiger partial charge in [-0.3, -0.25) is 4.57 Å². The highest BCUT2D eigenvalue weighted by Gasteiger charge is 2.14. The van der Waals surface area contributed by atoms with Gasteiger partial charge in [-0.25, -0.2) is 15.0 Å². The van der Waals surface area contributed by atoms with Crippen molar-refractivity contribution in [3.05, 3.63) is 71.9 Å². The molecule has 0 spiro atoms. The van der Waals surface area contributed by atoms with Gasteiger partial charge in [0.15, 0.2) is 5.96 Å². The number of hydrogen-bond donors (Lipinski definition) is 2. The van der Waals surface area contributed by atoms with Crippen molar-refractivity contribution in [1.82, 2.24) is 25.2 Å². The second-order valence-electron chi connectivity index (χ2n) is 8.24. The number of pyridine rings is 1. The Morgan fingerprint density at radius 1 is 1.10 bits per heavy atom. The molecule has 0 bridgehead atoms. The highest BCUT2D eigenvalue weighted by atomic mass is 16.5. The molecular weight excluding hydrogens is 388 g/mol. The zero-order valence-corrected chi connectivity index (χ0v) is 19.0. The summed E-state index contributed by atoms with van der Waals surface area (Å²) in [5, 5.41) is 6.70. The third kappa shape index (κ3) is 6.57. The second kappa shape index (κ2) is 10.1. The molecule has 0 aliphatic heterocycles. The first-order valence-corrected chi connectivity index (χ1v) is 10.6. The molecule has 0 aliphatic carbocycles. The number of imidazole rings is 1. The van der Waals surface area contributed by atoms with Crippen molar-refractivity contribution in [3.8, 4) is 11.6 Å². The number of hydrogen-bond acceptors (Lipinski definition) is 4. The fourth-order valence-corrected chi connectivity index (χ4v) is 3.04. The van der Waals surface area contributed by atoms with E-state index in [4.69, 9.17) is 9.73 Å². The molecule has 0 saturated carbocycles. The average Bonchev–Trinajstić information content (AvgIpc) is 3.16. The lowest BCUT2D eigenvalue weighted by Gasteiger charge is -2.23. The molecule has 2 aromatic heterocycles. The van der Waals surface area contributed by atoms with E-state index in [0.29, 0.717) is 13.1 Å². The Labute approximate surface area is 184 Å². The molecule has 164 valence electrons. The van der Waals surface area contributed by atoms with E-state index < -0.39 is 0 Å². The standard InChI is InChI=1S/C24H32N6O/c1-6-25-23(29-17-20-9-7-8-10-21(20)31-24(3,4)5)28-16-19-11-12-22(27-15-19)30-14-13-26-18(30)2/h7-15H,6,16-17H2,1-5H3,(H2,25,28,29). The minimum Gasteiger partial charge on any atom is -0.488 e. The Balaban J connectivity index is 1.65. The maximum absolute atomic E-state index is 6.09. The summed E-state index contributed by atoms with van der Waals surface area (Å²) in [6.45, 7) is 12.1. The van der Waals surface area contributed by atoms with Crippen LogP contribution in [0.15, 0.2) is 60.0 Å². The Kier molecular flexibility index (Phi) is 7.28. The highest BCUT2D eigenvalue weighted by Crippen LogP contribution is 2.22. The maximum Gasteiger partial charge on any atom is 0.191 e.